The Morgan fingerprint density at radius 3 is 2.70 bits per heavy atom. The molecular formula is C16H17NO3. The maximum atomic E-state index is 12.6. The second-order valence-electron chi connectivity index (χ2n) is 5.66. The van der Waals surface area contributed by atoms with Crippen molar-refractivity contribution in [1.82, 2.24) is 0 Å². The summed E-state index contributed by atoms with van der Waals surface area (Å²) in [5.74, 6) is -0.955. The molecule has 3 atom stereocenters. The highest BCUT2D eigenvalue weighted by molar-refractivity contribution is 6.23. The highest BCUT2D eigenvalue weighted by Gasteiger charge is 2.50. The summed E-state index contributed by atoms with van der Waals surface area (Å²) in [4.78, 5) is 26.3. The van der Waals surface area contributed by atoms with Crippen LogP contribution in [0.4, 0.5) is 5.69 Å². The van der Waals surface area contributed by atoms with Crippen LogP contribution in [0, 0.1) is 24.7 Å². The Morgan fingerprint density at radius 1 is 1.25 bits per heavy atom. The molecule has 0 bridgehead atoms. The van der Waals surface area contributed by atoms with E-state index in [1.54, 1.807) is 12.1 Å². The molecule has 1 aliphatic carbocycles. The van der Waals surface area contributed by atoms with Gasteiger partial charge in [-0.05, 0) is 37.0 Å². The molecular weight excluding hydrogens is 254 g/mol. The summed E-state index contributed by atoms with van der Waals surface area (Å²) < 4.78 is 0. The molecule has 0 saturated carbocycles. The zero-order chi connectivity index (χ0) is 14.4. The van der Waals surface area contributed by atoms with Crippen LogP contribution in [0.1, 0.15) is 18.9 Å². The predicted molar refractivity (Wildman–Crippen MR) is 75.2 cm³/mol. The number of phenols is 1. The van der Waals surface area contributed by atoms with Crippen LogP contribution in [0.15, 0.2) is 30.4 Å². The summed E-state index contributed by atoms with van der Waals surface area (Å²) in [6, 6.07) is 4.95. The first-order valence-electron chi connectivity index (χ1n) is 6.85. The van der Waals surface area contributed by atoms with Crippen molar-refractivity contribution in [2.75, 3.05) is 4.90 Å². The van der Waals surface area contributed by atoms with Gasteiger partial charge in [0.2, 0.25) is 11.8 Å². The Labute approximate surface area is 117 Å². The van der Waals surface area contributed by atoms with E-state index in [0.29, 0.717) is 12.1 Å². The molecule has 4 nitrogen and oxygen atoms in total. The lowest BCUT2D eigenvalue weighted by Gasteiger charge is -2.22. The molecule has 1 fully saturated rings. The third kappa shape index (κ3) is 1.75. The zero-order valence-corrected chi connectivity index (χ0v) is 11.5. The molecule has 1 aromatic carbocycles. The van der Waals surface area contributed by atoms with Crippen molar-refractivity contribution in [3.63, 3.8) is 0 Å². The third-order valence-corrected chi connectivity index (χ3v) is 4.24. The summed E-state index contributed by atoms with van der Waals surface area (Å²) in [5, 5.41) is 9.97. The summed E-state index contributed by atoms with van der Waals surface area (Å²) >= 11 is 0. The second kappa shape index (κ2) is 4.47. The number of carbonyl (C=O) groups is 2. The minimum Gasteiger partial charge on any atom is -0.506 e. The van der Waals surface area contributed by atoms with Gasteiger partial charge in [-0.2, -0.15) is 0 Å². The number of anilines is 1. The topological polar surface area (TPSA) is 57.6 Å². The van der Waals surface area contributed by atoms with Gasteiger partial charge in [0.05, 0.1) is 17.5 Å². The number of benzene rings is 1. The van der Waals surface area contributed by atoms with E-state index in [-0.39, 0.29) is 35.3 Å². The van der Waals surface area contributed by atoms with Crippen LogP contribution in [-0.2, 0) is 9.59 Å². The molecule has 20 heavy (non-hydrogen) atoms. The molecule has 1 aliphatic heterocycles. The van der Waals surface area contributed by atoms with Crippen LogP contribution in [0.25, 0.3) is 0 Å². The molecule has 2 aliphatic rings. The summed E-state index contributed by atoms with van der Waals surface area (Å²) in [5.41, 5.74) is 1.21. The van der Waals surface area contributed by atoms with Crippen molar-refractivity contribution in [2.24, 2.45) is 17.8 Å². The van der Waals surface area contributed by atoms with Gasteiger partial charge < -0.3 is 5.11 Å². The number of fused-ring (bicyclic) bond motifs is 1. The highest BCUT2D eigenvalue weighted by Crippen LogP contribution is 2.42. The van der Waals surface area contributed by atoms with E-state index in [9.17, 15) is 14.7 Å². The minimum absolute atomic E-state index is 0.0310. The lowest BCUT2D eigenvalue weighted by molar-refractivity contribution is -0.122. The lowest BCUT2D eigenvalue weighted by atomic mass is 9.78. The van der Waals surface area contributed by atoms with Gasteiger partial charge in [0.15, 0.2) is 0 Å². The van der Waals surface area contributed by atoms with Crippen molar-refractivity contribution in [3.8, 4) is 5.75 Å². The fraction of sp³-hybridized carbons (Fsp3) is 0.375. The first-order chi connectivity index (χ1) is 9.50. The number of rotatable bonds is 1. The average Bonchev–Trinajstić information content (AvgIpc) is 2.66. The smallest absolute Gasteiger partial charge is 0.238 e. The molecule has 1 heterocycles. The van der Waals surface area contributed by atoms with Gasteiger partial charge in [0.25, 0.3) is 0 Å². The number of aryl methyl sites for hydroxylation is 1. The van der Waals surface area contributed by atoms with Crippen LogP contribution in [0.2, 0.25) is 0 Å². The number of aromatic hydroxyl groups is 1. The summed E-state index contributed by atoms with van der Waals surface area (Å²) in [6.07, 6.45) is 4.56. The Balaban J connectivity index is 2.06. The Bertz CT molecular complexity index is 620. The van der Waals surface area contributed by atoms with E-state index in [4.69, 9.17) is 0 Å². The molecule has 0 radical (unpaired) electrons. The van der Waals surface area contributed by atoms with Crippen molar-refractivity contribution in [1.29, 1.82) is 0 Å². The first-order valence-corrected chi connectivity index (χ1v) is 6.85. The first kappa shape index (κ1) is 12.9. The molecule has 0 unspecified atom stereocenters. The molecule has 0 aromatic heterocycles. The second-order valence-corrected chi connectivity index (χ2v) is 5.66. The molecule has 0 spiro atoms. The van der Waals surface area contributed by atoms with Gasteiger partial charge in [-0.1, -0.05) is 25.1 Å². The van der Waals surface area contributed by atoms with E-state index in [1.165, 1.54) is 11.0 Å². The van der Waals surface area contributed by atoms with Crippen LogP contribution in [0.3, 0.4) is 0 Å². The maximum Gasteiger partial charge on any atom is 0.238 e. The van der Waals surface area contributed by atoms with Gasteiger partial charge in [-0.25, -0.2) is 4.90 Å². The normalized spacial score (nSPS) is 28.9. The number of hydrogen-bond acceptors (Lipinski definition) is 3. The molecule has 104 valence electrons. The lowest BCUT2D eigenvalue weighted by Crippen LogP contribution is -2.31. The van der Waals surface area contributed by atoms with E-state index >= 15 is 0 Å². The van der Waals surface area contributed by atoms with Crippen molar-refractivity contribution in [2.45, 2.75) is 20.3 Å². The molecule has 1 saturated heterocycles. The number of imide groups is 1. The van der Waals surface area contributed by atoms with Gasteiger partial charge in [-0.15, -0.1) is 0 Å². The van der Waals surface area contributed by atoms with E-state index in [2.05, 4.69) is 0 Å². The minimum atomic E-state index is -0.299. The van der Waals surface area contributed by atoms with E-state index in [0.717, 1.165) is 5.56 Å². The van der Waals surface area contributed by atoms with Crippen LogP contribution >= 0.6 is 0 Å². The number of phenolic OH excluding ortho intramolecular Hbond substituents is 1. The predicted octanol–water partition coefficient (Wildman–Crippen LogP) is 2.40. The Morgan fingerprint density at radius 2 is 2.00 bits per heavy atom. The summed E-state index contributed by atoms with van der Waals surface area (Å²) in [6.45, 7) is 3.82. The van der Waals surface area contributed by atoms with E-state index < -0.39 is 0 Å². The van der Waals surface area contributed by atoms with Gasteiger partial charge in [0, 0.05) is 0 Å². The van der Waals surface area contributed by atoms with Gasteiger partial charge in [-0.3, -0.25) is 9.59 Å². The third-order valence-electron chi connectivity index (χ3n) is 4.24. The molecule has 1 N–H and O–H groups in total. The van der Waals surface area contributed by atoms with Gasteiger partial charge in [0.1, 0.15) is 5.75 Å². The molecule has 4 heteroatoms. The largest absolute Gasteiger partial charge is 0.506 e. The SMILES string of the molecule is Cc1ccc(O)c(N2C(=O)[C@H]3[C@@H](C)C=CC[C@H]3C2=O)c1. The number of hydrogen-bond donors (Lipinski definition) is 1. The zero-order valence-electron chi connectivity index (χ0n) is 11.5. The standard InChI is InChI=1S/C16H17NO3/c1-9-6-7-13(18)12(8-9)17-15(19)11-5-3-4-10(2)14(11)16(17)20/h3-4,6-8,10-11,14,18H,5H2,1-2H3/t10-,11+,14-/m0/s1. The number of carbonyl (C=O) groups excluding carboxylic acids is 2. The fourth-order valence-corrected chi connectivity index (χ4v) is 3.20. The van der Waals surface area contributed by atoms with Crippen LogP contribution in [-0.4, -0.2) is 16.9 Å². The number of amides is 2. The van der Waals surface area contributed by atoms with Crippen molar-refractivity contribution >= 4 is 17.5 Å². The van der Waals surface area contributed by atoms with Crippen LogP contribution < -0.4 is 4.90 Å². The van der Waals surface area contributed by atoms with Crippen molar-refractivity contribution in [3.05, 3.63) is 35.9 Å². The molecule has 3 rings (SSSR count). The Kier molecular flexibility index (Phi) is 2.89. The van der Waals surface area contributed by atoms with Gasteiger partial charge >= 0.3 is 0 Å². The Hall–Kier alpha value is -2.10. The van der Waals surface area contributed by atoms with Crippen LogP contribution in [0.5, 0.6) is 5.75 Å². The fourth-order valence-electron chi connectivity index (χ4n) is 3.20. The monoisotopic (exact) mass is 271 g/mol. The number of allylic oxidation sites excluding steroid dienone is 2. The molecule has 1 aromatic rings. The van der Waals surface area contributed by atoms with E-state index in [1.807, 2.05) is 26.0 Å². The maximum absolute atomic E-state index is 12.6. The number of nitrogens with zero attached hydrogens (tertiary/aromatic N) is 1. The molecule has 2 amide bonds. The summed E-state index contributed by atoms with van der Waals surface area (Å²) in [7, 11) is 0. The highest BCUT2D eigenvalue weighted by atomic mass is 16.3. The average molecular weight is 271 g/mol. The van der Waals surface area contributed by atoms with Crippen molar-refractivity contribution < 1.29 is 14.7 Å². The quantitative estimate of drug-likeness (QED) is 0.630.